The number of carboxylic acid groups (broad SMARTS) is 1. The normalized spacial score (nSPS) is 23.2. The van der Waals surface area contributed by atoms with E-state index in [2.05, 4.69) is 38.4 Å². The van der Waals surface area contributed by atoms with Gasteiger partial charge >= 0.3 is 5.97 Å². The van der Waals surface area contributed by atoms with E-state index in [1.54, 1.807) is 0 Å². The largest absolute Gasteiger partial charge is 0.480 e. The number of piperazine rings is 1. The molecule has 2 aliphatic rings. The molecule has 8 heteroatoms. The third-order valence-electron chi connectivity index (χ3n) is 5.37. The lowest BCUT2D eigenvalue weighted by Crippen LogP contribution is -2.51. The van der Waals surface area contributed by atoms with Crippen LogP contribution in [0.3, 0.4) is 0 Å². The van der Waals surface area contributed by atoms with Gasteiger partial charge in [-0.1, -0.05) is 18.2 Å². The Balaban J connectivity index is 0.00000210. The predicted octanol–water partition coefficient (Wildman–Crippen LogP) is 1.54. The van der Waals surface area contributed by atoms with Crippen LogP contribution in [0.2, 0.25) is 0 Å². The third-order valence-corrected chi connectivity index (χ3v) is 5.37. The average molecular weight is 392 g/mol. The number of benzene rings is 1. The number of nitrogens with one attached hydrogen (secondary N) is 1. The van der Waals surface area contributed by atoms with Crippen molar-refractivity contribution in [1.82, 2.24) is 20.0 Å². The molecule has 27 heavy (non-hydrogen) atoms. The number of para-hydroxylation sites is 1. The number of carbonyl (C=O) groups is 1. The highest BCUT2D eigenvalue weighted by Gasteiger charge is 2.34. The number of halogens is 1. The van der Waals surface area contributed by atoms with Gasteiger partial charge in [0.15, 0.2) is 0 Å². The number of nitrogens with zero attached hydrogens (tertiary/aromatic N) is 4. The smallest absolute Gasteiger partial charge is 0.320 e. The Morgan fingerprint density at radius 1 is 1.19 bits per heavy atom. The fraction of sp³-hybridized carbons (Fsp3) is 0.474. The van der Waals surface area contributed by atoms with Crippen LogP contribution in [0, 0.1) is 6.92 Å². The molecule has 0 saturated carbocycles. The lowest BCUT2D eigenvalue weighted by molar-refractivity contribution is -0.139. The predicted molar refractivity (Wildman–Crippen MR) is 107 cm³/mol. The molecule has 2 fully saturated rings. The Morgan fingerprint density at radius 2 is 1.89 bits per heavy atom. The summed E-state index contributed by atoms with van der Waals surface area (Å²) in [5, 5.41) is 16.9. The number of aryl methyl sites for hydroxylation is 1. The SMILES string of the molecule is Cc1cc(N2CCN([C@@H]3CN[C@H](C(=O)O)C3)CC2)n(-c2ccccc2)n1.Cl. The molecule has 7 nitrogen and oxygen atoms in total. The summed E-state index contributed by atoms with van der Waals surface area (Å²) >= 11 is 0. The topological polar surface area (TPSA) is 73.6 Å². The van der Waals surface area contributed by atoms with Gasteiger partial charge in [0.25, 0.3) is 0 Å². The van der Waals surface area contributed by atoms with E-state index >= 15 is 0 Å². The van der Waals surface area contributed by atoms with Crippen LogP contribution in [-0.2, 0) is 4.79 Å². The zero-order valence-corrected chi connectivity index (χ0v) is 16.2. The Labute approximate surface area is 165 Å². The van der Waals surface area contributed by atoms with E-state index in [9.17, 15) is 4.79 Å². The Bertz CT molecular complexity index is 774. The Kier molecular flexibility index (Phi) is 6.04. The van der Waals surface area contributed by atoms with Crippen LogP contribution in [0.15, 0.2) is 36.4 Å². The van der Waals surface area contributed by atoms with Gasteiger partial charge in [0.2, 0.25) is 0 Å². The van der Waals surface area contributed by atoms with Crippen LogP contribution in [0.5, 0.6) is 0 Å². The highest BCUT2D eigenvalue weighted by molar-refractivity contribution is 5.85. The fourth-order valence-electron chi connectivity index (χ4n) is 3.97. The quantitative estimate of drug-likeness (QED) is 0.823. The number of anilines is 1. The number of carboxylic acids is 1. The lowest BCUT2D eigenvalue weighted by atomic mass is 10.1. The number of hydrogen-bond donors (Lipinski definition) is 2. The van der Waals surface area contributed by atoms with Gasteiger partial charge in [-0.2, -0.15) is 5.10 Å². The van der Waals surface area contributed by atoms with E-state index in [0.717, 1.165) is 49.9 Å². The number of aromatic nitrogens is 2. The van der Waals surface area contributed by atoms with Gasteiger partial charge in [0.1, 0.15) is 11.9 Å². The summed E-state index contributed by atoms with van der Waals surface area (Å²) in [6.07, 6.45) is 0.691. The molecule has 2 atom stereocenters. The van der Waals surface area contributed by atoms with E-state index in [1.165, 1.54) is 0 Å². The Morgan fingerprint density at radius 3 is 2.52 bits per heavy atom. The van der Waals surface area contributed by atoms with E-state index in [4.69, 9.17) is 5.11 Å². The average Bonchev–Trinajstić information content (AvgIpc) is 3.30. The van der Waals surface area contributed by atoms with Gasteiger partial charge in [-0.15, -0.1) is 12.4 Å². The first-order valence-corrected chi connectivity index (χ1v) is 9.19. The van der Waals surface area contributed by atoms with Crippen LogP contribution in [0.1, 0.15) is 12.1 Å². The summed E-state index contributed by atoms with van der Waals surface area (Å²) in [6, 6.07) is 12.3. The summed E-state index contributed by atoms with van der Waals surface area (Å²) in [7, 11) is 0. The van der Waals surface area contributed by atoms with Crippen LogP contribution in [0.4, 0.5) is 5.82 Å². The molecule has 1 aromatic heterocycles. The maximum absolute atomic E-state index is 11.1. The van der Waals surface area contributed by atoms with Crippen molar-refractivity contribution in [1.29, 1.82) is 0 Å². The van der Waals surface area contributed by atoms with E-state index in [0.29, 0.717) is 12.5 Å². The van der Waals surface area contributed by atoms with Crippen molar-refractivity contribution >= 4 is 24.2 Å². The van der Waals surface area contributed by atoms with Crippen molar-refractivity contribution in [3.63, 3.8) is 0 Å². The van der Waals surface area contributed by atoms with Gasteiger partial charge in [0, 0.05) is 44.8 Å². The second-order valence-electron chi connectivity index (χ2n) is 7.10. The standard InChI is InChI=1S/C19H25N5O2.ClH/c1-14-11-18(24(21-14)15-5-3-2-4-6-15)23-9-7-22(8-10-23)16-12-17(19(25)26)20-13-16;/h2-6,11,16-17,20H,7-10,12-13H2,1H3,(H,25,26);1H/t16-,17-;/m0./s1. The maximum Gasteiger partial charge on any atom is 0.320 e. The van der Waals surface area contributed by atoms with Gasteiger partial charge in [-0.25, -0.2) is 4.68 Å². The first-order chi connectivity index (χ1) is 12.6. The number of aliphatic carboxylic acids is 1. The van der Waals surface area contributed by atoms with Crippen molar-refractivity contribution in [2.45, 2.75) is 25.4 Å². The van der Waals surface area contributed by atoms with Crippen molar-refractivity contribution in [3.05, 3.63) is 42.1 Å². The van der Waals surface area contributed by atoms with Crippen LogP contribution >= 0.6 is 12.4 Å². The van der Waals surface area contributed by atoms with Crippen molar-refractivity contribution in [2.75, 3.05) is 37.6 Å². The van der Waals surface area contributed by atoms with Gasteiger partial charge in [-0.05, 0) is 25.5 Å². The van der Waals surface area contributed by atoms with Crippen LogP contribution < -0.4 is 10.2 Å². The third kappa shape index (κ3) is 4.10. The van der Waals surface area contributed by atoms with E-state index in [1.807, 2.05) is 29.8 Å². The van der Waals surface area contributed by atoms with Gasteiger partial charge in [-0.3, -0.25) is 9.69 Å². The Hall–Kier alpha value is -2.09. The molecule has 1 aromatic carbocycles. The maximum atomic E-state index is 11.1. The van der Waals surface area contributed by atoms with E-state index < -0.39 is 12.0 Å². The summed E-state index contributed by atoms with van der Waals surface area (Å²) in [4.78, 5) is 15.9. The molecule has 2 aliphatic heterocycles. The van der Waals surface area contributed by atoms with Crippen molar-refractivity contribution in [3.8, 4) is 5.69 Å². The molecule has 0 radical (unpaired) electrons. The minimum Gasteiger partial charge on any atom is -0.480 e. The minimum atomic E-state index is -0.742. The monoisotopic (exact) mass is 391 g/mol. The second-order valence-corrected chi connectivity index (χ2v) is 7.10. The summed E-state index contributed by atoms with van der Waals surface area (Å²) in [5.74, 6) is 0.384. The molecule has 2 N–H and O–H groups in total. The molecule has 4 rings (SSSR count). The molecular formula is C19H26ClN5O2. The molecule has 0 amide bonds. The van der Waals surface area contributed by atoms with Crippen LogP contribution in [0.25, 0.3) is 5.69 Å². The summed E-state index contributed by atoms with van der Waals surface area (Å²) < 4.78 is 2.02. The molecule has 3 heterocycles. The van der Waals surface area contributed by atoms with Gasteiger partial charge < -0.3 is 15.3 Å². The minimum absolute atomic E-state index is 0. The lowest BCUT2D eigenvalue weighted by Gasteiger charge is -2.38. The van der Waals surface area contributed by atoms with E-state index in [-0.39, 0.29) is 12.4 Å². The molecule has 146 valence electrons. The summed E-state index contributed by atoms with van der Waals surface area (Å²) in [6.45, 7) is 6.52. The molecule has 0 aliphatic carbocycles. The van der Waals surface area contributed by atoms with Crippen molar-refractivity contribution < 1.29 is 9.90 Å². The molecule has 2 saturated heterocycles. The fourth-order valence-corrected chi connectivity index (χ4v) is 3.97. The van der Waals surface area contributed by atoms with Crippen LogP contribution in [-0.4, -0.2) is 70.6 Å². The highest BCUT2D eigenvalue weighted by atomic mass is 35.5. The second kappa shape index (κ2) is 8.29. The molecule has 0 spiro atoms. The number of hydrogen-bond acceptors (Lipinski definition) is 5. The van der Waals surface area contributed by atoms with Gasteiger partial charge in [0.05, 0.1) is 11.4 Å². The zero-order chi connectivity index (χ0) is 18.1. The number of rotatable bonds is 4. The first kappa shape index (κ1) is 19.7. The first-order valence-electron chi connectivity index (χ1n) is 9.19. The zero-order valence-electron chi connectivity index (χ0n) is 15.4. The van der Waals surface area contributed by atoms with Crippen molar-refractivity contribution in [2.24, 2.45) is 0 Å². The summed E-state index contributed by atoms with van der Waals surface area (Å²) in [5.41, 5.74) is 2.08. The molecule has 2 aromatic rings. The molecule has 0 unspecified atom stereocenters. The molecule has 0 bridgehead atoms. The molecular weight excluding hydrogens is 366 g/mol. The highest BCUT2D eigenvalue weighted by Crippen LogP contribution is 2.24.